The van der Waals surface area contributed by atoms with E-state index in [1.165, 1.54) is 21.5 Å². The van der Waals surface area contributed by atoms with Crippen molar-refractivity contribution in [2.75, 3.05) is 0 Å². The molecule has 1 aromatic carbocycles. The van der Waals surface area contributed by atoms with Gasteiger partial charge in [0.1, 0.15) is 0 Å². The zero-order chi connectivity index (χ0) is 10.3. The fourth-order valence-corrected chi connectivity index (χ4v) is 2.17. The van der Waals surface area contributed by atoms with Gasteiger partial charge in [-0.2, -0.15) is 0 Å². The number of aryl methyl sites for hydroxylation is 1. The minimum absolute atomic E-state index is 0.914. The van der Waals surface area contributed by atoms with E-state index in [0.717, 1.165) is 6.42 Å². The summed E-state index contributed by atoms with van der Waals surface area (Å²) in [6.45, 7) is 0. The number of nitrogens with zero attached hydrogens (tertiary/aromatic N) is 2. The van der Waals surface area contributed by atoms with Gasteiger partial charge in [-0.25, -0.2) is 0 Å². The summed E-state index contributed by atoms with van der Waals surface area (Å²) in [5.41, 5.74) is 1.27. The van der Waals surface area contributed by atoms with Crippen molar-refractivity contribution in [1.29, 1.82) is 0 Å². The van der Waals surface area contributed by atoms with Crippen molar-refractivity contribution in [1.82, 2.24) is 4.57 Å². The van der Waals surface area contributed by atoms with Gasteiger partial charge in [-0.1, -0.05) is 24.3 Å². The second kappa shape index (κ2) is 3.09. The SMILES string of the molecule is Cn1c2c(c3ccccc31)=CCC=NC=2. The normalized spacial score (nSPS) is 14.2. The first-order valence-electron chi connectivity index (χ1n) is 5.13. The predicted molar refractivity (Wildman–Crippen MR) is 64.2 cm³/mol. The maximum Gasteiger partial charge on any atom is 0.0671 e. The lowest BCUT2D eigenvalue weighted by molar-refractivity contribution is 0.923. The Kier molecular flexibility index (Phi) is 1.75. The molecule has 0 fully saturated rings. The van der Waals surface area contributed by atoms with Crippen molar-refractivity contribution in [3.8, 4) is 0 Å². The molecule has 0 saturated heterocycles. The summed E-state index contributed by atoms with van der Waals surface area (Å²) in [6.07, 6.45) is 7.04. The fraction of sp³-hybridized carbons (Fsp3) is 0.154. The van der Waals surface area contributed by atoms with Crippen LogP contribution in [-0.4, -0.2) is 10.8 Å². The molecule has 2 heterocycles. The van der Waals surface area contributed by atoms with Gasteiger partial charge in [0.15, 0.2) is 0 Å². The highest BCUT2D eigenvalue weighted by Crippen LogP contribution is 2.07. The Bertz CT molecular complexity index is 660. The molecule has 2 aromatic rings. The smallest absolute Gasteiger partial charge is 0.0671 e. The predicted octanol–water partition coefficient (Wildman–Crippen LogP) is 1.17. The Hall–Kier alpha value is -1.83. The van der Waals surface area contributed by atoms with Gasteiger partial charge in [0.2, 0.25) is 0 Å². The van der Waals surface area contributed by atoms with Crippen LogP contribution in [0.2, 0.25) is 0 Å². The van der Waals surface area contributed by atoms with E-state index in [1.807, 2.05) is 12.4 Å². The van der Waals surface area contributed by atoms with Gasteiger partial charge in [0.05, 0.1) is 11.5 Å². The van der Waals surface area contributed by atoms with E-state index in [-0.39, 0.29) is 0 Å². The number of fused-ring (bicyclic) bond motifs is 3. The van der Waals surface area contributed by atoms with Crippen LogP contribution in [0.15, 0.2) is 29.3 Å². The van der Waals surface area contributed by atoms with Crippen molar-refractivity contribution < 1.29 is 0 Å². The Balaban J connectivity index is 2.64. The summed E-state index contributed by atoms with van der Waals surface area (Å²) in [7, 11) is 2.09. The molecule has 2 nitrogen and oxygen atoms in total. The molecule has 1 aliphatic rings. The molecule has 0 radical (unpaired) electrons. The van der Waals surface area contributed by atoms with Crippen LogP contribution in [0.3, 0.4) is 0 Å². The van der Waals surface area contributed by atoms with E-state index < -0.39 is 0 Å². The van der Waals surface area contributed by atoms with Crippen LogP contribution >= 0.6 is 0 Å². The summed E-state index contributed by atoms with van der Waals surface area (Å²) in [4.78, 5) is 4.27. The number of hydrogen-bond acceptors (Lipinski definition) is 1. The molecule has 0 spiro atoms. The summed E-state index contributed by atoms with van der Waals surface area (Å²) >= 11 is 0. The first-order valence-corrected chi connectivity index (χ1v) is 5.13. The minimum Gasteiger partial charge on any atom is -0.342 e. The second-order valence-corrected chi connectivity index (χ2v) is 3.78. The summed E-state index contributed by atoms with van der Waals surface area (Å²) in [6, 6.07) is 8.48. The summed E-state index contributed by atoms with van der Waals surface area (Å²) < 4.78 is 2.20. The standard InChI is InChI=1S/C13H12N2/c1-15-12-7-3-2-5-10(12)11-6-4-8-14-9-13(11)15/h2-3,5-9H,4H2,1H3. The van der Waals surface area contributed by atoms with Gasteiger partial charge in [0.25, 0.3) is 0 Å². The van der Waals surface area contributed by atoms with E-state index in [9.17, 15) is 0 Å². The molecule has 1 aromatic heterocycles. The van der Waals surface area contributed by atoms with Crippen LogP contribution in [0.4, 0.5) is 0 Å². The molecule has 0 N–H and O–H groups in total. The molecular formula is C13H12N2. The minimum atomic E-state index is 0.914. The highest BCUT2D eigenvalue weighted by molar-refractivity contribution is 5.84. The Labute approximate surface area is 87.9 Å². The topological polar surface area (TPSA) is 17.3 Å². The molecule has 2 heteroatoms. The van der Waals surface area contributed by atoms with Crippen molar-refractivity contribution in [3.05, 3.63) is 34.8 Å². The van der Waals surface area contributed by atoms with E-state index in [4.69, 9.17) is 0 Å². The molecule has 0 unspecified atom stereocenters. The van der Waals surface area contributed by atoms with E-state index in [0.29, 0.717) is 0 Å². The molecule has 0 aliphatic carbocycles. The lowest BCUT2D eigenvalue weighted by atomic mass is 10.2. The van der Waals surface area contributed by atoms with Gasteiger partial charge >= 0.3 is 0 Å². The maximum atomic E-state index is 4.27. The molecule has 74 valence electrons. The van der Waals surface area contributed by atoms with Crippen LogP contribution in [0.5, 0.6) is 0 Å². The lowest BCUT2D eigenvalue weighted by Gasteiger charge is -1.94. The average Bonchev–Trinajstić information content (AvgIpc) is 2.48. The van der Waals surface area contributed by atoms with Crippen molar-refractivity contribution in [2.24, 2.45) is 12.0 Å². The third-order valence-corrected chi connectivity index (χ3v) is 2.92. The highest BCUT2D eigenvalue weighted by atomic mass is 14.9. The van der Waals surface area contributed by atoms with Crippen molar-refractivity contribution in [2.45, 2.75) is 6.42 Å². The number of para-hydroxylation sites is 1. The van der Waals surface area contributed by atoms with Crippen molar-refractivity contribution >= 4 is 29.4 Å². The van der Waals surface area contributed by atoms with Gasteiger partial charge in [-0.3, -0.25) is 4.99 Å². The third kappa shape index (κ3) is 1.14. The van der Waals surface area contributed by atoms with Crippen LogP contribution in [0.1, 0.15) is 6.42 Å². The fourth-order valence-electron chi connectivity index (χ4n) is 2.17. The van der Waals surface area contributed by atoms with Crippen LogP contribution in [0, 0.1) is 0 Å². The molecule has 0 bridgehead atoms. The van der Waals surface area contributed by atoms with E-state index >= 15 is 0 Å². The van der Waals surface area contributed by atoms with Crippen LogP contribution in [0.25, 0.3) is 23.2 Å². The van der Waals surface area contributed by atoms with Gasteiger partial charge in [0, 0.05) is 35.8 Å². The molecule has 3 rings (SSSR count). The first kappa shape index (κ1) is 8.48. The zero-order valence-electron chi connectivity index (χ0n) is 8.64. The van der Waals surface area contributed by atoms with Crippen LogP contribution in [-0.2, 0) is 7.05 Å². The second-order valence-electron chi connectivity index (χ2n) is 3.78. The molecule has 1 aliphatic heterocycles. The Morgan fingerprint density at radius 3 is 3.07 bits per heavy atom. The lowest BCUT2D eigenvalue weighted by Crippen LogP contribution is -2.26. The summed E-state index contributed by atoms with van der Waals surface area (Å²) in [5, 5.41) is 3.83. The monoisotopic (exact) mass is 196 g/mol. The molecular weight excluding hydrogens is 184 g/mol. The average molecular weight is 196 g/mol. The number of rotatable bonds is 0. The van der Waals surface area contributed by atoms with E-state index in [2.05, 4.69) is 46.9 Å². The number of aromatic nitrogens is 1. The number of benzene rings is 1. The van der Waals surface area contributed by atoms with Gasteiger partial charge in [-0.05, 0) is 6.07 Å². The third-order valence-electron chi connectivity index (χ3n) is 2.92. The Morgan fingerprint density at radius 2 is 2.13 bits per heavy atom. The number of aliphatic imine (C=N–C) groups is 1. The van der Waals surface area contributed by atoms with Gasteiger partial charge in [-0.15, -0.1) is 0 Å². The van der Waals surface area contributed by atoms with Gasteiger partial charge < -0.3 is 4.57 Å². The van der Waals surface area contributed by atoms with Crippen molar-refractivity contribution in [3.63, 3.8) is 0 Å². The van der Waals surface area contributed by atoms with Crippen LogP contribution < -0.4 is 10.6 Å². The van der Waals surface area contributed by atoms with E-state index in [1.54, 1.807) is 0 Å². The maximum absolute atomic E-state index is 4.27. The Morgan fingerprint density at radius 1 is 1.27 bits per heavy atom. The molecule has 0 atom stereocenters. The zero-order valence-corrected chi connectivity index (χ0v) is 8.64. The largest absolute Gasteiger partial charge is 0.342 e. The molecule has 0 saturated carbocycles. The molecule has 0 amide bonds. The quantitative estimate of drug-likeness (QED) is 0.602. The summed E-state index contributed by atoms with van der Waals surface area (Å²) in [5.74, 6) is 0. The number of hydrogen-bond donors (Lipinski definition) is 0. The highest BCUT2D eigenvalue weighted by Gasteiger charge is 2.03. The molecule has 15 heavy (non-hydrogen) atoms. The first-order chi connectivity index (χ1) is 7.38.